The Morgan fingerprint density at radius 1 is 1.12 bits per heavy atom. The second-order valence-corrected chi connectivity index (χ2v) is 6.81. The minimum atomic E-state index is -0.254. The lowest BCUT2D eigenvalue weighted by Crippen LogP contribution is -2.24. The van der Waals surface area contributed by atoms with E-state index < -0.39 is 0 Å². The number of carbonyl (C=O) groups is 1. The predicted molar refractivity (Wildman–Crippen MR) is 103 cm³/mol. The fourth-order valence-electron chi connectivity index (χ4n) is 2.91. The standard InChI is InChI=1S/C20H16BrN3O2/c21-15-6-3-5-14(11-15)13-24-17-8-2-1-7-16(17)23-19(24)12-22-20(25)18-9-4-10-26-18/h1-11H,12-13H2,(H,22,25). The second kappa shape index (κ2) is 7.17. The van der Waals surface area contributed by atoms with Gasteiger partial charge in [-0.2, -0.15) is 0 Å². The molecule has 2 aromatic heterocycles. The molecule has 26 heavy (non-hydrogen) atoms. The maximum Gasteiger partial charge on any atom is 0.287 e. The first-order valence-corrected chi connectivity index (χ1v) is 9.00. The molecule has 0 fully saturated rings. The summed E-state index contributed by atoms with van der Waals surface area (Å²) in [5, 5.41) is 2.87. The van der Waals surface area contributed by atoms with Gasteiger partial charge in [-0.1, -0.05) is 40.2 Å². The molecular weight excluding hydrogens is 394 g/mol. The van der Waals surface area contributed by atoms with Gasteiger partial charge in [0, 0.05) is 11.0 Å². The number of benzene rings is 2. The lowest BCUT2D eigenvalue weighted by molar-refractivity contribution is 0.0922. The van der Waals surface area contributed by atoms with Crippen LogP contribution in [0.15, 0.2) is 75.8 Å². The highest BCUT2D eigenvalue weighted by molar-refractivity contribution is 9.10. The molecule has 2 aromatic carbocycles. The molecule has 0 radical (unpaired) electrons. The van der Waals surface area contributed by atoms with Crippen molar-refractivity contribution in [2.75, 3.05) is 0 Å². The van der Waals surface area contributed by atoms with Crippen LogP contribution in [0.5, 0.6) is 0 Å². The molecule has 0 atom stereocenters. The number of furan rings is 1. The Balaban J connectivity index is 1.64. The van der Waals surface area contributed by atoms with Crippen molar-refractivity contribution in [3.8, 4) is 0 Å². The summed E-state index contributed by atoms with van der Waals surface area (Å²) in [4.78, 5) is 16.9. The zero-order valence-corrected chi connectivity index (χ0v) is 15.4. The normalized spacial score (nSPS) is 11.0. The van der Waals surface area contributed by atoms with E-state index in [0.29, 0.717) is 18.8 Å². The molecule has 0 aliphatic carbocycles. The van der Waals surface area contributed by atoms with Gasteiger partial charge in [0.1, 0.15) is 5.82 Å². The predicted octanol–water partition coefficient (Wildman–Crippen LogP) is 4.37. The third-order valence-corrected chi connectivity index (χ3v) is 4.61. The maximum absolute atomic E-state index is 12.2. The Bertz CT molecular complexity index is 1050. The van der Waals surface area contributed by atoms with Crippen LogP contribution in [0.1, 0.15) is 21.9 Å². The van der Waals surface area contributed by atoms with Crippen molar-refractivity contribution in [1.29, 1.82) is 0 Å². The van der Waals surface area contributed by atoms with E-state index in [9.17, 15) is 4.79 Å². The number of amides is 1. The van der Waals surface area contributed by atoms with Crippen molar-refractivity contribution in [1.82, 2.24) is 14.9 Å². The van der Waals surface area contributed by atoms with Gasteiger partial charge in [-0.15, -0.1) is 0 Å². The number of nitrogens with one attached hydrogen (secondary N) is 1. The van der Waals surface area contributed by atoms with Gasteiger partial charge in [0.15, 0.2) is 5.76 Å². The van der Waals surface area contributed by atoms with E-state index in [4.69, 9.17) is 9.40 Å². The van der Waals surface area contributed by atoms with Crippen molar-refractivity contribution in [2.24, 2.45) is 0 Å². The van der Waals surface area contributed by atoms with Crippen molar-refractivity contribution >= 4 is 32.9 Å². The van der Waals surface area contributed by atoms with Crippen LogP contribution in [0.3, 0.4) is 0 Å². The van der Waals surface area contributed by atoms with Crippen LogP contribution >= 0.6 is 15.9 Å². The minimum absolute atomic E-state index is 0.254. The average Bonchev–Trinajstić information content (AvgIpc) is 3.29. The molecule has 0 bridgehead atoms. The number of rotatable bonds is 5. The molecule has 0 unspecified atom stereocenters. The molecule has 2 heterocycles. The quantitative estimate of drug-likeness (QED) is 0.532. The van der Waals surface area contributed by atoms with E-state index in [1.807, 2.05) is 36.4 Å². The number of fused-ring (bicyclic) bond motifs is 1. The fraction of sp³-hybridized carbons (Fsp3) is 0.100. The molecule has 1 amide bonds. The Labute approximate surface area is 158 Å². The summed E-state index contributed by atoms with van der Waals surface area (Å²) in [7, 11) is 0. The van der Waals surface area contributed by atoms with Gasteiger partial charge in [0.05, 0.1) is 23.8 Å². The van der Waals surface area contributed by atoms with Crippen molar-refractivity contribution in [3.63, 3.8) is 0 Å². The highest BCUT2D eigenvalue weighted by Gasteiger charge is 2.14. The van der Waals surface area contributed by atoms with Crippen molar-refractivity contribution in [2.45, 2.75) is 13.1 Å². The summed E-state index contributed by atoms with van der Waals surface area (Å²) in [6.07, 6.45) is 1.48. The van der Waals surface area contributed by atoms with E-state index in [-0.39, 0.29) is 5.91 Å². The van der Waals surface area contributed by atoms with Crippen molar-refractivity contribution in [3.05, 3.63) is 88.5 Å². The summed E-state index contributed by atoms with van der Waals surface area (Å²) >= 11 is 3.51. The maximum atomic E-state index is 12.2. The molecule has 6 heteroatoms. The third kappa shape index (κ3) is 3.41. The number of nitrogens with zero attached hydrogens (tertiary/aromatic N) is 2. The fourth-order valence-corrected chi connectivity index (χ4v) is 3.36. The van der Waals surface area contributed by atoms with Crippen LogP contribution in [-0.4, -0.2) is 15.5 Å². The van der Waals surface area contributed by atoms with Gasteiger partial charge in [-0.25, -0.2) is 4.98 Å². The van der Waals surface area contributed by atoms with Gasteiger partial charge in [0.25, 0.3) is 5.91 Å². The third-order valence-electron chi connectivity index (χ3n) is 4.12. The topological polar surface area (TPSA) is 60.1 Å². The first-order chi connectivity index (χ1) is 12.7. The molecule has 1 N–H and O–H groups in total. The van der Waals surface area contributed by atoms with Crippen molar-refractivity contribution < 1.29 is 9.21 Å². The molecule has 0 aliphatic rings. The Morgan fingerprint density at radius 3 is 2.81 bits per heavy atom. The van der Waals surface area contributed by atoms with Crippen LogP contribution in [0.2, 0.25) is 0 Å². The summed E-state index contributed by atoms with van der Waals surface area (Å²) in [6, 6.07) is 19.5. The molecule has 4 aromatic rings. The summed E-state index contributed by atoms with van der Waals surface area (Å²) in [5.41, 5.74) is 3.10. The van der Waals surface area contributed by atoms with Gasteiger partial charge >= 0.3 is 0 Å². The van der Waals surface area contributed by atoms with Gasteiger partial charge in [-0.3, -0.25) is 4.79 Å². The molecule has 0 saturated carbocycles. The Morgan fingerprint density at radius 2 is 2.00 bits per heavy atom. The van der Waals surface area contributed by atoms with E-state index in [2.05, 4.69) is 37.9 Å². The number of halogens is 1. The van der Waals surface area contributed by atoms with Gasteiger partial charge in [-0.05, 0) is 42.0 Å². The lowest BCUT2D eigenvalue weighted by Gasteiger charge is -2.10. The molecule has 130 valence electrons. The average molecular weight is 410 g/mol. The zero-order chi connectivity index (χ0) is 17.9. The summed E-state index contributed by atoms with van der Waals surface area (Å²) in [6.45, 7) is 0.994. The number of hydrogen-bond acceptors (Lipinski definition) is 3. The Kier molecular flexibility index (Phi) is 4.58. The van der Waals surface area contributed by atoms with Gasteiger partial charge in [0.2, 0.25) is 0 Å². The van der Waals surface area contributed by atoms with Crippen LogP contribution in [0, 0.1) is 0 Å². The summed E-state index contributed by atoms with van der Waals surface area (Å²) < 4.78 is 8.30. The first-order valence-electron chi connectivity index (χ1n) is 8.21. The zero-order valence-electron chi connectivity index (χ0n) is 13.9. The van der Waals surface area contributed by atoms with Crippen LogP contribution in [0.25, 0.3) is 11.0 Å². The second-order valence-electron chi connectivity index (χ2n) is 5.89. The van der Waals surface area contributed by atoms with Crippen LogP contribution in [0.4, 0.5) is 0 Å². The summed E-state index contributed by atoms with van der Waals surface area (Å²) in [5.74, 6) is 0.835. The number of hydrogen-bond donors (Lipinski definition) is 1. The monoisotopic (exact) mass is 409 g/mol. The molecule has 0 saturated heterocycles. The molecule has 0 spiro atoms. The number of carbonyl (C=O) groups excluding carboxylic acids is 1. The van der Waals surface area contributed by atoms with E-state index in [0.717, 1.165) is 26.9 Å². The smallest absolute Gasteiger partial charge is 0.287 e. The number of para-hydroxylation sites is 2. The SMILES string of the molecule is O=C(NCc1nc2ccccc2n1Cc1cccc(Br)c1)c1ccco1. The molecular formula is C20H16BrN3O2. The van der Waals surface area contributed by atoms with Crippen LogP contribution in [-0.2, 0) is 13.1 Å². The number of aromatic nitrogens is 2. The molecule has 5 nitrogen and oxygen atoms in total. The highest BCUT2D eigenvalue weighted by atomic mass is 79.9. The molecule has 0 aliphatic heterocycles. The number of imidazole rings is 1. The molecule has 4 rings (SSSR count). The largest absolute Gasteiger partial charge is 0.459 e. The van der Waals surface area contributed by atoms with Crippen LogP contribution < -0.4 is 5.32 Å². The van der Waals surface area contributed by atoms with E-state index in [1.165, 1.54) is 6.26 Å². The lowest BCUT2D eigenvalue weighted by atomic mass is 10.2. The highest BCUT2D eigenvalue weighted by Crippen LogP contribution is 2.20. The van der Waals surface area contributed by atoms with E-state index in [1.54, 1.807) is 12.1 Å². The first kappa shape index (κ1) is 16.6. The Hall–Kier alpha value is -2.86. The van der Waals surface area contributed by atoms with E-state index >= 15 is 0 Å². The minimum Gasteiger partial charge on any atom is -0.459 e. The van der Waals surface area contributed by atoms with Gasteiger partial charge < -0.3 is 14.3 Å².